The smallest absolute Gasteiger partial charge is 0.224 e. The maximum atomic E-state index is 4.59. The van der Waals surface area contributed by atoms with Crippen LogP contribution in [0.4, 0.5) is 11.8 Å². The lowest BCUT2D eigenvalue weighted by Crippen LogP contribution is -2.30. The molecule has 17 heavy (non-hydrogen) atoms. The van der Waals surface area contributed by atoms with Crippen LogP contribution in [-0.2, 0) is 13.0 Å². The molecule has 5 heteroatoms. The van der Waals surface area contributed by atoms with E-state index in [4.69, 9.17) is 0 Å². The zero-order valence-electron chi connectivity index (χ0n) is 10.9. The van der Waals surface area contributed by atoms with Crippen LogP contribution in [0.5, 0.6) is 0 Å². The van der Waals surface area contributed by atoms with Crippen molar-refractivity contribution in [2.24, 2.45) is 0 Å². The van der Waals surface area contributed by atoms with Gasteiger partial charge in [-0.2, -0.15) is 4.98 Å². The lowest BCUT2D eigenvalue weighted by atomic mass is 10.1. The molecule has 94 valence electrons. The molecule has 1 aromatic rings. The monoisotopic (exact) mass is 235 g/mol. The van der Waals surface area contributed by atoms with Crippen molar-refractivity contribution in [1.29, 1.82) is 0 Å². The van der Waals surface area contributed by atoms with Crippen molar-refractivity contribution in [3.05, 3.63) is 11.3 Å². The molecule has 0 spiro atoms. The standard InChI is InChI=1S/C12H21N5/c1-4-7-17(3)11-9-8-14-6-5-10(9)15-12(13-2)16-11/h14H,4-8H2,1-3H3,(H,13,15,16). The van der Waals surface area contributed by atoms with Gasteiger partial charge >= 0.3 is 0 Å². The van der Waals surface area contributed by atoms with E-state index in [1.54, 1.807) is 0 Å². The van der Waals surface area contributed by atoms with Crippen LogP contribution in [0.1, 0.15) is 24.6 Å². The van der Waals surface area contributed by atoms with E-state index < -0.39 is 0 Å². The second-order valence-corrected chi connectivity index (χ2v) is 4.39. The molecule has 1 aliphatic rings. The summed E-state index contributed by atoms with van der Waals surface area (Å²) in [5.41, 5.74) is 2.44. The first kappa shape index (κ1) is 12.1. The number of fused-ring (bicyclic) bond motifs is 1. The molecular formula is C12H21N5. The van der Waals surface area contributed by atoms with Gasteiger partial charge in [0.05, 0.1) is 5.69 Å². The maximum Gasteiger partial charge on any atom is 0.224 e. The molecule has 5 nitrogen and oxygen atoms in total. The SMILES string of the molecule is CCCN(C)c1nc(NC)nc2c1CNCC2. The largest absolute Gasteiger partial charge is 0.359 e. The van der Waals surface area contributed by atoms with E-state index in [-0.39, 0.29) is 0 Å². The second-order valence-electron chi connectivity index (χ2n) is 4.39. The van der Waals surface area contributed by atoms with Gasteiger partial charge in [0, 0.05) is 45.7 Å². The number of nitrogens with zero attached hydrogens (tertiary/aromatic N) is 3. The molecule has 0 radical (unpaired) electrons. The zero-order valence-corrected chi connectivity index (χ0v) is 10.9. The molecule has 0 saturated carbocycles. The Kier molecular flexibility index (Phi) is 3.78. The van der Waals surface area contributed by atoms with Gasteiger partial charge < -0.3 is 15.5 Å². The molecular weight excluding hydrogens is 214 g/mol. The molecule has 1 aromatic heterocycles. The molecule has 0 amide bonds. The van der Waals surface area contributed by atoms with Crippen molar-refractivity contribution < 1.29 is 0 Å². The number of anilines is 2. The van der Waals surface area contributed by atoms with E-state index in [0.29, 0.717) is 0 Å². The van der Waals surface area contributed by atoms with Gasteiger partial charge in [0.15, 0.2) is 0 Å². The molecule has 0 fully saturated rings. The third-order valence-electron chi connectivity index (χ3n) is 3.06. The van der Waals surface area contributed by atoms with E-state index in [9.17, 15) is 0 Å². The third kappa shape index (κ3) is 2.49. The minimum Gasteiger partial charge on any atom is -0.359 e. The fourth-order valence-corrected chi connectivity index (χ4v) is 2.19. The number of rotatable bonds is 4. The van der Waals surface area contributed by atoms with E-state index in [1.165, 1.54) is 11.3 Å². The van der Waals surface area contributed by atoms with Crippen LogP contribution in [0, 0.1) is 0 Å². The van der Waals surface area contributed by atoms with Crippen molar-refractivity contribution >= 4 is 11.8 Å². The van der Waals surface area contributed by atoms with Crippen molar-refractivity contribution in [3.63, 3.8) is 0 Å². The van der Waals surface area contributed by atoms with Crippen molar-refractivity contribution in [2.75, 3.05) is 37.4 Å². The lowest BCUT2D eigenvalue weighted by Gasteiger charge is -2.25. The van der Waals surface area contributed by atoms with Crippen LogP contribution in [0.2, 0.25) is 0 Å². The summed E-state index contributed by atoms with van der Waals surface area (Å²) in [4.78, 5) is 11.3. The summed E-state index contributed by atoms with van der Waals surface area (Å²) in [7, 11) is 3.96. The summed E-state index contributed by atoms with van der Waals surface area (Å²) >= 11 is 0. The molecule has 0 atom stereocenters. The Morgan fingerprint density at radius 1 is 1.41 bits per heavy atom. The van der Waals surface area contributed by atoms with Gasteiger partial charge in [0.25, 0.3) is 0 Å². The molecule has 0 aromatic carbocycles. The Balaban J connectivity index is 2.40. The minimum absolute atomic E-state index is 0.726. The highest BCUT2D eigenvalue weighted by molar-refractivity contribution is 5.53. The number of hydrogen-bond acceptors (Lipinski definition) is 5. The topological polar surface area (TPSA) is 53.1 Å². The zero-order chi connectivity index (χ0) is 12.3. The fraction of sp³-hybridized carbons (Fsp3) is 0.667. The minimum atomic E-state index is 0.726. The average molecular weight is 235 g/mol. The molecule has 0 unspecified atom stereocenters. The predicted octanol–water partition coefficient (Wildman–Crippen LogP) is 1.01. The Labute approximate surface area is 103 Å². The first-order valence-electron chi connectivity index (χ1n) is 6.25. The van der Waals surface area contributed by atoms with Gasteiger partial charge in [-0.25, -0.2) is 4.98 Å². The van der Waals surface area contributed by atoms with Crippen LogP contribution in [-0.4, -0.2) is 37.2 Å². The summed E-state index contributed by atoms with van der Waals surface area (Å²) < 4.78 is 0. The number of hydrogen-bond donors (Lipinski definition) is 2. The van der Waals surface area contributed by atoms with Crippen LogP contribution >= 0.6 is 0 Å². The Hall–Kier alpha value is -1.36. The summed E-state index contributed by atoms with van der Waals surface area (Å²) in [5.74, 6) is 1.79. The average Bonchev–Trinajstić information content (AvgIpc) is 2.37. The van der Waals surface area contributed by atoms with Crippen LogP contribution in [0.25, 0.3) is 0 Å². The van der Waals surface area contributed by atoms with E-state index in [1.807, 2.05) is 7.05 Å². The third-order valence-corrected chi connectivity index (χ3v) is 3.06. The lowest BCUT2D eigenvalue weighted by molar-refractivity contribution is 0.623. The molecule has 2 heterocycles. The summed E-state index contributed by atoms with van der Waals surface area (Å²) in [6.45, 7) is 5.08. The van der Waals surface area contributed by atoms with Gasteiger partial charge in [-0.1, -0.05) is 6.92 Å². The molecule has 2 rings (SSSR count). The first-order chi connectivity index (χ1) is 8.26. The molecule has 0 bridgehead atoms. The first-order valence-corrected chi connectivity index (χ1v) is 6.25. The van der Waals surface area contributed by atoms with Crippen LogP contribution in [0.3, 0.4) is 0 Å². The highest BCUT2D eigenvalue weighted by atomic mass is 15.2. The van der Waals surface area contributed by atoms with Crippen molar-refractivity contribution in [1.82, 2.24) is 15.3 Å². The Bertz CT molecular complexity index is 391. The molecule has 1 aliphatic heterocycles. The number of aromatic nitrogens is 2. The Morgan fingerprint density at radius 3 is 2.94 bits per heavy atom. The van der Waals surface area contributed by atoms with Crippen molar-refractivity contribution in [3.8, 4) is 0 Å². The van der Waals surface area contributed by atoms with Gasteiger partial charge in [-0.3, -0.25) is 0 Å². The summed E-state index contributed by atoms with van der Waals surface area (Å²) in [6, 6.07) is 0. The maximum absolute atomic E-state index is 4.59. The Morgan fingerprint density at radius 2 is 2.24 bits per heavy atom. The van der Waals surface area contributed by atoms with Crippen molar-refractivity contribution in [2.45, 2.75) is 26.3 Å². The fourth-order valence-electron chi connectivity index (χ4n) is 2.19. The summed E-state index contributed by atoms with van der Waals surface area (Å²) in [5, 5.41) is 6.43. The van der Waals surface area contributed by atoms with Gasteiger partial charge in [0.1, 0.15) is 5.82 Å². The van der Waals surface area contributed by atoms with E-state index >= 15 is 0 Å². The summed E-state index contributed by atoms with van der Waals surface area (Å²) in [6.07, 6.45) is 2.11. The van der Waals surface area contributed by atoms with Crippen LogP contribution < -0.4 is 15.5 Å². The second kappa shape index (κ2) is 5.31. The van der Waals surface area contributed by atoms with Gasteiger partial charge in [-0.05, 0) is 6.42 Å². The van der Waals surface area contributed by atoms with E-state index in [2.05, 4.69) is 39.5 Å². The molecule has 0 aliphatic carbocycles. The molecule has 2 N–H and O–H groups in total. The molecule has 0 saturated heterocycles. The van der Waals surface area contributed by atoms with Crippen LogP contribution in [0.15, 0.2) is 0 Å². The normalized spacial score (nSPS) is 14.3. The highest BCUT2D eigenvalue weighted by Crippen LogP contribution is 2.24. The van der Waals surface area contributed by atoms with Gasteiger partial charge in [-0.15, -0.1) is 0 Å². The van der Waals surface area contributed by atoms with E-state index in [0.717, 1.165) is 44.2 Å². The highest BCUT2D eigenvalue weighted by Gasteiger charge is 2.19. The quantitative estimate of drug-likeness (QED) is 0.816. The van der Waals surface area contributed by atoms with Gasteiger partial charge in [0.2, 0.25) is 5.95 Å². The predicted molar refractivity (Wildman–Crippen MR) is 70.6 cm³/mol. The number of nitrogens with one attached hydrogen (secondary N) is 2.